The lowest BCUT2D eigenvalue weighted by molar-refractivity contribution is -0.121. The average Bonchev–Trinajstić information content (AvgIpc) is 2.91. The van der Waals surface area contributed by atoms with Crippen LogP contribution in [0.25, 0.3) is 0 Å². The first kappa shape index (κ1) is 15.6. The van der Waals surface area contributed by atoms with E-state index in [2.05, 4.69) is 5.32 Å². The number of nitrogens with zero attached hydrogens (tertiary/aromatic N) is 1. The van der Waals surface area contributed by atoms with Crippen molar-refractivity contribution in [1.29, 1.82) is 0 Å². The molecule has 1 saturated heterocycles. The monoisotopic (exact) mass is 293 g/mol. The van der Waals surface area contributed by atoms with E-state index in [-0.39, 0.29) is 17.9 Å². The molecule has 1 unspecified atom stereocenters. The first-order valence-electron chi connectivity index (χ1n) is 7.45. The second-order valence-corrected chi connectivity index (χ2v) is 5.42. The molecule has 6 nitrogen and oxygen atoms in total. The summed E-state index contributed by atoms with van der Waals surface area (Å²) in [6.07, 6.45) is 4.80. The molecule has 1 aliphatic rings. The Labute approximate surface area is 124 Å². The maximum Gasteiger partial charge on any atom is 0.290 e. The fourth-order valence-electron chi connectivity index (χ4n) is 2.65. The highest BCUT2D eigenvalue weighted by Crippen LogP contribution is 2.21. The molecule has 2 rings (SSSR count). The van der Waals surface area contributed by atoms with Gasteiger partial charge in [-0.1, -0.05) is 0 Å². The van der Waals surface area contributed by atoms with Gasteiger partial charge in [-0.15, -0.1) is 0 Å². The van der Waals surface area contributed by atoms with E-state index < -0.39 is 0 Å². The Bertz CT molecular complexity index is 498. The van der Waals surface area contributed by atoms with Crippen LogP contribution in [0.1, 0.15) is 41.8 Å². The Morgan fingerprint density at radius 3 is 2.95 bits per heavy atom. The molecule has 2 heterocycles. The molecule has 1 aromatic heterocycles. The number of carbonyl (C=O) groups is 2. The maximum absolute atomic E-state index is 12.6. The van der Waals surface area contributed by atoms with Gasteiger partial charge in [-0.25, -0.2) is 0 Å². The molecule has 0 aromatic carbocycles. The minimum absolute atomic E-state index is 0.0254. The number of piperidine rings is 1. The van der Waals surface area contributed by atoms with Gasteiger partial charge in [0.2, 0.25) is 5.91 Å². The van der Waals surface area contributed by atoms with Crippen molar-refractivity contribution in [3.63, 3.8) is 0 Å². The summed E-state index contributed by atoms with van der Waals surface area (Å²) < 4.78 is 5.30. The van der Waals surface area contributed by atoms with E-state index in [0.717, 1.165) is 24.8 Å². The van der Waals surface area contributed by atoms with E-state index >= 15 is 0 Å². The van der Waals surface area contributed by atoms with Crippen LogP contribution in [0.3, 0.4) is 0 Å². The van der Waals surface area contributed by atoms with Crippen molar-refractivity contribution >= 4 is 11.8 Å². The molecule has 0 saturated carbocycles. The van der Waals surface area contributed by atoms with Crippen molar-refractivity contribution in [2.24, 2.45) is 5.73 Å². The van der Waals surface area contributed by atoms with Crippen LogP contribution in [0.2, 0.25) is 0 Å². The molecule has 0 spiro atoms. The van der Waals surface area contributed by atoms with Crippen LogP contribution >= 0.6 is 0 Å². The van der Waals surface area contributed by atoms with Crippen LogP contribution in [-0.4, -0.2) is 42.4 Å². The van der Waals surface area contributed by atoms with Gasteiger partial charge in [0.05, 0.1) is 6.26 Å². The van der Waals surface area contributed by atoms with E-state index in [1.54, 1.807) is 6.07 Å². The topological polar surface area (TPSA) is 88.6 Å². The Kier molecular flexibility index (Phi) is 5.38. The number of hydrogen-bond acceptors (Lipinski definition) is 4. The van der Waals surface area contributed by atoms with E-state index in [0.29, 0.717) is 31.8 Å². The van der Waals surface area contributed by atoms with Crippen molar-refractivity contribution in [3.05, 3.63) is 23.7 Å². The predicted octanol–water partition coefficient (Wildman–Crippen LogP) is 1.05. The number of furan rings is 1. The molecule has 6 heteroatoms. The third kappa shape index (κ3) is 3.85. The molecule has 2 amide bonds. The molecular formula is C15H23N3O3. The van der Waals surface area contributed by atoms with Crippen molar-refractivity contribution in [2.45, 2.75) is 38.6 Å². The Balaban J connectivity index is 2.00. The van der Waals surface area contributed by atoms with Gasteiger partial charge in [0.1, 0.15) is 0 Å². The molecule has 3 N–H and O–H groups in total. The van der Waals surface area contributed by atoms with E-state index in [1.165, 1.54) is 6.26 Å². The minimum atomic E-state index is -0.0877. The Hall–Kier alpha value is -1.82. The lowest BCUT2D eigenvalue weighted by atomic mass is 10.0. The van der Waals surface area contributed by atoms with Crippen LogP contribution in [-0.2, 0) is 4.79 Å². The zero-order chi connectivity index (χ0) is 15.2. The van der Waals surface area contributed by atoms with Gasteiger partial charge in [-0.3, -0.25) is 9.59 Å². The van der Waals surface area contributed by atoms with Crippen molar-refractivity contribution in [3.8, 4) is 0 Å². The summed E-state index contributed by atoms with van der Waals surface area (Å²) in [6, 6.07) is 1.81. The number of hydrogen-bond donors (Lipinski definition) is 2. The van der Waals surface area contributed by atoms with Crippen LogP contribution < -0.4 is 11.1 Å². The van der Waals surface area contributed by atoms with Gasteiger partial charge in [-0.2, -0.15) is 0 Å². The van der Waals surface area contributed by atoms with Gasteiger partial charge in [0.15, 0.2) is 5.76 Å². The zero-order valence-electron chi connectivity index (χ0n) is 12.4. The largest absolute Gasteiger partial charge is 0.459 e. The first-order valence-corrected chi connectivity index (χ1v) is 7.45. The standard InChI is InChI=1S/C15H23N3O3/c1-11-6-9-21-14(11)15(20)18-8-3-2-4-12(18)10-17-13(19)5-7-16/h6,9,12H,2-5,7-8,10,16H2,1H3,(H,17,19). The van der Waals surface area contributed by atoms with Crippen LogP contribution in [0, 0.1) is 6.92 Å². The number of likely N-dealkylation sites (tertiary alicyclic amines) is 1. The highest BCUT2D eigenvalue weighted by Gasteiger charge is 2.29. The third-order valence-corrected chi connectivity index (χ3v) is 3.85. The summed E-state index contributed by atoms with van der Waals surface area (Å²) in [5.41, 5.74) is 6.20. The molecule has 0 bridgehead atoms. The number of rotatable bonds is 5. The summed E-state index contributed by atoms with van der Waals surface area (Å²) >= 11 is 0. The highest BCUT2D eigenvalue weighted by atomic mass is 16.3. The van der Waals surface area contributed by atoms with Crippen molar-refractivity contribution in [1.82, 2.24) is 10.2 Å². The van der Waals surface area contributed by atoms with E-state index in [4.69, 9.17) is 10.2 Å². The second kappa shape index (κ2) is 7.26. The molecule has 1 fully saturated rings. The SMILES string of the molecule is Cc1ccoc1C(=O)N1CCCCC1CNC(=O)CCN. The summed E-state index contributed by atoms with van der Waals surface area (Å²) in [7, 11) is 0. The Morgan fingerprint density at radius 2 is 2.29 bits per heavy atom. The summed E-state index contributed by atoms with van der Waals surface area (Å²) in [5, 5.41) is 2.85. The maximum atomic E-state index is 12.6. The molecule has 1 aromatic rings. The normalized spacial score (nSPS) is 18.6. The summed E-state index contributed by atoms with van der Waals surface area (Å²) in [6.45, 7) is 3.38. The lowest BCUT2D eigenvalue weighted by Crippen LogP contribution is -2.49. The average molecular weight is 293 g/mol. The number of carbonyl (C=O) groups excluding carboxylic acids is 2. The van der Waals surface area contributed by atoms with Crippen LogP contribution in [0.5, 0.6) is 0 Å². The first-order chi connectivity index (χ1) is 10.1. The summed E-state index contributed by atoms with van der Waals surface area (Å²) in [4.78, 5) is 25.9. The van der Waals surface area contributed by atoms with Gasteiger partial charge >= 0.3 is 0 Å². The minimum Gasteiger partial charge on any atom is -0.459 e. The van der Waals surface area contributed by atoms with E-state index in [9.17, 15) is 9.59 Å². The molecule has 21 heavy (non-hydrogen) atoms. The van der Waals surface area contributed by atoms with Gasteiger partial charge in [0.25, 0.3) is 5.91 Å². The van der Waals surface area contributed by atoms with Crippen LogP contribution in [0.4, 0.5) is 0 Å². The predicted molar refractivity (Wildman–Crippen MR) is 78.8 cm³/mol. The fraction of sp³-hybridized carbons (Fsp3) is 0.600. The molecular weight excluding hydrogens is 270 g/mol. The highest BCUT2D eigenvalue weighted by molar-refractivity contribution is 5.93. The number of amides is 2. The van der Waals surface area contributed by atoms with Crippen LogP contribution in [0.15, 0.2) is 16.7 Å². The lowest BCUT2D eigenvalue weighted by Gasteiger charge is -2.35. The van der Waals surface area contributed by atoms with Gasteiger partial charge in [-0.05, 0) is 32.3 Å². The number of aryl methyl sites for hydroxylation is 1. The molecule has 1 atom stereocenters. The third-order valence-electron chi connectivity index (χ3n) is 3.85. The molecule has 0 aliphatic carbocycles. The smallest absolute Gasteiger partial charge is 0.290 e. The molecule has 0 radical (unpaired) electrons. The fourth-order valence-corrected chi connectivity index (χ4v) is 2.65. The summed E-state index contributed by atoms with van der Waals surface area (Å²) in [5.74, 6) is 0.245. The second-order valence-electron chi connectivity index (χ2n) is 5.42. The van der Waals surface area contributed by atoms with Gasteiger partial charge in [0, 0.05) is 37.7 Å². The quantitative estimate of drug-likeness (QED) is 0.849. The van der Waals surface area contributed by atoms with E-state index in [1.807, 2.05) is 11.8 Å². The molecule has 1 aliphatic heterocycles. The van der Waals surface area contributed by atoms with Crippen molar-refractivity contribution in [2.75, 3.05) is 19.6 Å². The zero-order valence-corrected chi connectivity index (χ0v) is 12.4. The Morgan fingerprint density at radius 1 is 1.48 bits per heavy atom. The number of nitrogens with two attached hydrogens (primary N) is 1. The van der Waals surface area contributed by atoms with Gasteiger partial charge < -0.3 is 20.4 Å². The number of nitrogens with one attached hydrogen (secondary N) is 1. The molecule has 116 valence electrons. The van der Waals surface area contributed by atoms with Crippen molar-refractivity contribution < 1.29 is 14.0 Å².